The van der Waals surface area contributed by atoms with E-state index < -0.39 is 0 Å². The number of benzene rings is 1. The minimum atomic E-state index is 0.127. The Balaban J connectivity index is 2.51. The van der Waals surface area contributed by atoms with Gasteiger partial charge in [-0.15, -0.1) is 0 Å². The van der Waals surface area contributed by atoms with Crippen LogP contribution < -0.4 is 5.32 Å². The number of nitrogens with one attached hydrogen (secondary N) is 1. The molecule has 96 valence electrons. The van der Waals surface area contributed by atoms with Crippen molar-refractivity contribution >= 4 is 23.2 Å². The fraction of sp³-hybridized carbons (Fsp3) is 0.538. The van der Waals surface area contributed by atoms with Crippen LogP contribution in [-0.2, 0) is 6.54 Å². The summed E-state index contributed by atoms with van der Waals surface area (Å²) < 4.78 is 0. The normalized spacial score (nSPS) is 12.2. The summed E-state index contributed by atoms with van der Waals surface area (Å²) in [5.41, 5.74) is 1.24. The van der Waals surface area contributed by atoms with Gasteiger partial charge < -0.3 is 10.2 Å². The van der Waals surface area contributed by atoms with Crippen molar-refractivity contribution < 1.29 is 0 Å². The van der Waals surface area contributed by atoms with Crippen molar-refractivity contribution in [2.24, 2.45) is 0 Å². The van der Waals surface area contributed by atoms with Crippen LogP contribution in [0, 0.1) is 0 Å². The minimum Gasteiger partial charge on any atom is -0.311 e. The monoisotopic (exact) mass is 274 g/mol. The second-order valence-electron chi connectivity index (χ2n) is 5.09. The Morgan fingerprint density at radius 2 is 1.65 bits per heavy atom. The number of likely N-dealkylation sites (N-methyl/N-ethyl adjacent to an activating group) is 1. The van der Waals surface area contributed by atoms with E-state index >= 15 is 0 Å². The van der Waals surface area contributed by atoms with Crippen molar-refractivity contribution in [2.45, 2.75) is 25.9 Å². The molecule has 1 rings (SSSR count). The highest BCUT2D eigenvalue weighted by atomic mass is 35.5. The van der Waals surface area contributed by atoms with Crippen LogP contribution in [0.1, 0.15) is 19.4 Å². The van der Waals surface area contributed by atoms with E-state index in [1.54, 1.807) is 6.07 Å². The van der Waals surface area contributed by atoms with E-state index in [0.717, 1.165) is 18.7 Å². The van der Waals surface area contributed by atoms with Gasteiger partial charge in [0.1, 0.15) is 0 Å². The maximum absolute atomic E-state index is 5.95. The van der Waals surface area contributed by atoms with E-state index in [0.29, 0.717) is 10.0 Å². The molecule has 0 fully saturated rings. The number of nitrogens with zero attached hydrogens (tertiary/aromatic N) is 1. The molecule has 0 aliphatic rings. The van der Waals surface area contributed by atoms with Crippen LogP contribution in [0.3, 0.4) is 0 Å². The zero-order chi connectivity index (χ0) is 13.1. The molecule has 0 aliphatic heterocycles. The van der Waals surface area contributed by atoms with Crippen molar-refractivity contribution in [3.63, 3.8) is 0 Å². The van der Waals surface area contributed by atoms with Crippen LogP contribution in [0.15, 0.2) is 18.2 Å². The van der Waals surface area contributed by atoms with Gasteiger partial charge in [0.05, 0.1) is 0 Å². The van der Waals surface area contributed by atoms with Crippen molar-refractivity contribution in [2.75, 3.05) is 20.6 Å². The van der Waals surface area contributed by atoms with Crippen molar-refractivity contribution in [3.05, 3.63) is 33.8 Å². The average Bonchev–Trinajstić information content (AvgIpc) is 2.15. The highest BCUT2D eigenvalue weighted by Crippen LogP contribution is 2.19. The Labute approximate surface area is 114 Å². The summed E-state index contributed by atoms with van der Waals surface area (Å²) in [5.74, 6) is 0. The molecule has 0 saturated carbocycles. The number of hydrogen-bond donors (Lipinski definition) is 1. The fourth-order valence-corrected chi connectivity index (χ4v) is 1.96. The van der Waals surface area contributed by atoms with Gasteiger partial charge in [0.2, 0.25) is 0 Å². The average molecular weight is 275 g/mol. The van der Waals surface area contributed by atoms with Crippen LogP contribution in [0.4, 0.5) is 0 Å². The molecular weight excluding hydrogens is 255 g/mol. The molecule has 1 N–H and O–H groups in total. The number of rotatable bonds is 5. The molecule has 2 nitrogen and oxygen atoms in total. The molecule has 0 spiro atoms. The third-order valence-electron chi connectivity index (χ3n) is 3.02. The van der Waals surface area contributed by atoms with Gasteiger partial charge in [-0.3, -0.25) is 0 Å². The maximum Gasteiger partial charge on any atom is 0.0424 e. The summed E-state index contributed by atoms with van der Waals surface area (Å²) in [5, 5.41) is 4.78. The smallest absolute Gasteiger partial charge is 0.0424 e. The zero-order valence-corrected chi connectivity index (χ0v) is 12.4. The molecule has 0 radical (unpaired) electrons. The molecule has 0 atom stereocenters. The molecule has 17 heavy (non-hydrogen) atoms. The molecule has 0 amide bonds. The van der Waals surface area contributed by atoms with Gasteiger partial charge >= 0.3 is 0 Å². The van der Waals surface area contributed by atoms with Crippen molar-refractivity contribution in [1.82, 2.24) is 10.2 Å². The molecule has 1 aromatic carbocycles. The third-order valence-corrected chi connectivity index (χ3v) is 3.46. The molecule has 0 saturated heterocycles. The van der Waals surface area contributed by atoms with Gasteiger partial charge in [-0.2, -0.15) is 0 Å². The van der Waals surface area contributed by atoms with Crippen LogP contribution in [0.2, 0.25) is 10.0 Å². The van der Waals surface area contributed by atoms with Crippen LogP contribution >= 0.6 is 23.2 Å². The van der Waals surface area contributed by atoms with Gasteiger partial charge in [0.15, 0.2) is 0 Å². The molecule has 0 aromatic heterocycles. The fourth-order valence-electron chi connectivity index (χ4n) is 1.38. The van der Waals surface area contributed by atoms with Crippen LogP contribution in [-0.4, -0.2) is 31.1 Å². The Kier molecular flexibility index (Phi) is 5.26. The van der Waals surface area contributed by atoms with E-state index in [1.807, 2.05) is 12.1 Å². The Hall–Kier alpha value is -0.280. The predicted molar refractivity (Wildman–Crippen MR) is 75.9 cm³/mol. The molecule has 4 heteroatoms. The third kappa shape index (κ3) is 4.84. The van der Waals surface area contributed by atoms with Gasteiger partial charge in [0.25, 0.3) is 0 Å². The standard InChI is InChI=1S/C13H20Cl2N2/c1-13(2,17(3)4)9-16-8-10-5-11(14)7-12(15)6-10/h5-7,16H,8-9H2,1-4H3. The van der Waals surface area contributed by atoms with E-state index in [9.17, 15) is 0 Å². The minimum absolute atomic E-state index is 0.127. The molecule has 0 unspecified atom stereocenters. The summed E-state index contributed by atoms with van der Waals surface area (Å²) in [6.07, 6.45) is 0. The van der Waals surface area contributed by atoms with E-state index in [1.165, 1.54) is 0 Å². The second-order valence-corrected chi connectivity index (χ2v) is 5.96. The van der Waals surface area contributed by atoms with Crippen LogP contribution in [0.5, 0.6) is 0 Å². The molecule has 0 bridgehead atoms. The Bertz CT molecular complexity index is 355. The highest BCUT2D eigenvalue weighted by molar-refractivity contribution is 6.34. The summed E-state index contributed by atoms with van der Waals surface area (Å²) in [6.45, 7) is 6.08. The second kappa shape index (κ2) is 6.05. The Morgan fingerprint density at radius 3 is 2.12 bits per heavy atom. The summed E-state index contributed by atoms with van der Waals surface area (Å²) >= 11 is 11.9. The molecule has 0 heterocycles. The quantitative estimate of drug-likeness (QED) is 0.885. The number of halogens is 2. The lowest BCUT2D eigenvalue weighted by Crippen LogP contribution is -2.46. The van der Waals surface area contributed by atoms with E-state index in [2.05, 4.69) is 38.2 Å². The topological polar surface area (TPSA) is 15.3 Å². The highest BCUT2D eigenvalue weighted by Gasteiger charge is 2.19. The molecule has 1 aromatic rings. The van der Waals surface area contributed by atoms with Gasteiger partial charge in [-0.05, 0) is 51.7 Å². The first-order valence-corrected chi connectivity index (χ1v) is 6.40. The SMILES string of the molecule is CN(C)C(C)(C)CNCc1cc(Cl)cc(Cl)c1. The van der Waals surface area contributed by atoms with Crippen molar-refractivity contribution in [1.29, 1.82) is 0 Å². The van der Waals surface area contributed by atoms with E-state index in [4.69, 9.17) is 23.2 Å². The lowest BCUT2D eigenvalue weighted by Gasteiger charge is -2.32. The first kappa shape index (κ1) is 14.8. The zero-order valence-electron chi connectivity index (χ0n) is 10.8. The lowest BCUT2D eigenvalue weighted by atomic mass is 10.0. The van der Waals surface area contributed by atoms with Gasteiger partial charge in [-0.1, -0.05) is 23.2 Å². The van der Waals surface area contributed by atoms with E-state index in [-0.39, 0.29) is 5.54 Å². The molecule has 0 aliphatic carbocycles. The summed E-state index contributed by atoms with van der Waals surface area (Å²) in [6, 6.07) is 5.61. The predicted octanol–water partition coefficient (Wildman–Crippen LogP) is 3.42. The molecular formula is C13H20Cl2N2. The first-order chi connectivity index (χ1) is 7.81. The van der Waals surface area contributed by atoms with Gasteiger partial charge in [-0.25, -0.2) is 0 Å². The van der Waals surface area contributed by atoms with Crippen molar-refractivity contribution in [3.8, 4) is 0 Å². The summed E-state index contributed by atoms with van der Waals surface area (Å²) in [7, 11) is 4.16. The maximum atomic E-state index is 5.95. The van der Waals surface area contributed by atoms with Crippen LogP contribution in [0.25, 0.3) is 0 Å². The largest absolute Gasteiger partial charge is 0.311 e. The Morgan fingerprint density at radius 1 is 1.12 bits per heavy atom. The number of hydrogen-bond acceptors (Lipinski definition) is 2. The summed E-state index contributed by atoms with van der Waals surface area (Å²) in [4.78, 5) is 2.20. The van der Waals surface area contributed by atoms with Gasteiger partial charge in [0, 0.05) is 28.7 Å². The lowest BCUT2D eigenvalue weighted by molar-refractivity contribution is 0.190. The first-order valence-electron chi connectivity index (χ1n) is 5.64.